The third-order valence-electron chi connectivity index (χ3n) is 6.39. The third kappa shape index (κ3) is 5.59. The summed E-state index contributed by atoms with van der Waals surface area (Å²) in [5.74, 6) is -0.442. The first-order chi connectivity index (χ1) is 19.4. The van der Waals surface area contributed by atoms with Crippen molar-refractivity contribution in [2.24, 2.45) is 0 Å². The van der Waals surface area contributed by atoms with Gasteiger partial charge in [-0.1, -0.05) is 82.1 Å². The molecule has 0 aromatic heterocycles. The van der Waals surface area contributed by atoms with E-state index in [0.717, 1.165) is 15.6 Å². The average Bonchev–Trinajstić information content (AvgIpc) is 2.95. The van der Waals surface area contributed by atoms with Crippen LogP contribution in [0.4, 0.5) is 11.4 Å². The number of ether oxygens (including phenoxy) is 1. The summed E-state index contributed by atoms with van der Waals surface area (Å²) in [6.45, 7) is 2.32. The number of nitrogens with zero attached hydrogens (tertiary/aromatic N) is 2. The predicted molar refractivity (Wildman–Crippen MR) is 168 cm³/mol. The van der Waals surface area contributed by atoms with E-state index >= 15 is 0 Å². The van der Waals surface area contributed by atoms with Crippen LogP contribution in [0.25, 0.3) is 6.08 Å². The highest BCUT2D eigenvalue weighted by atomic mass is 79.9. The second kappa shape index (κ2) is 12.2. The van der Waals surface area contributed by atoms with E-state index in [-0.39, 0.29) is 10.7 Å². The van der Waals surface area contributed by atoms with Gasteiger partial charge in [0.2, 0.25) is 0 Å². The van der Waals surface area contributed by atoms with Gasteiger partial charge in [0.25, 0.3) is 11.8 Å². The van der Waals surface area contributed by atoms with Gasteiger partial charge in [-0.3, -0.25) is 19.4 Å². The number of thiocarbonyl (C=S) groups is 1. The van der Waals surface area contributed by atoms with Gasteiger partial charge in [0.15, 0.2) is 5.11 Å². The number of para-hydroxylation sites is 2. The zero-order valence-corrected chi connectivity index (χ0v) is 24.7. The van der Waals surface area contributed by atoms with Crippen molar-refractivity contribution in [3.05, 3.63) is 129 Å². The lowest BCUT2D eigenvalue weighted by Gasteiger charge is -2.36. The van der Waals surface area contributed by atoms with Crippen LogP contribution in [0.2, 0.25) is 5.02 Å². The maximum Gasteiger partial charge on any atom is 0.270 e. The molecule has 40 heavy (non-hydrogen) atoms. The molecular formula is C32H24BrClN2O3S. The topological polar surface area (TPSA) is 49.9 Å². The Morgan fingerprint density at radius 1 is 0.850 bits per heavy atom. The Hall–Kier alpha value is -3.78. The number of hydrogen-bond acceptors (Lipinski definition) is 4. The van der Waals surface area contributed by atoms with Crippen LogP contribution in [0.15, 0.2) is 107 Å². The molecule has 4 aromatic carbocycles. The highest BCUT2D eigenvalue weighted by Gasteiger charge is 2.41. The Bertz CT molecular complexity index is 1560. The van der Waals surface area contributed by atoms with Crippen LogP contribution in [-0.2, 0) is 16.0 Å². The van der Waals surface area contributed by atoms with Crippen LogP contribution in [0, 0.1) is 0 Å². The van der Waals surface area contributed by atoms with E-state index < -0.39 is 11.8 Å². The van der Waals surface area contributed by atoms with Crippen molar-refractivity contribution in [1.82, 2.24) is 0 Å². The molecule has 1 saturated heterocycles. The van der Waals surface area contributed by atoms with Crippen LogP contribution in [0.5, 0.6) is 5.75 Å². The molecule has 0 spiro atoms. The van der Waals surface area contributed by atoms with Crippen LogP contribution < -0.4 is 14.5 Å². The third-order valence-corrected chi connectivity index (χ3v) is 7.87. The number of amides is 2. The maximum atomic E-state index is 13.8. The van der Waals surface area contributed by atoms with Crippen LogP contribution in [-0.4, -0.2) is 23.5 Å². The van der Waals surface area contributed by atoms with Crippen molar-refractivity contribution in [3.63, 3.8) is 0 Å². The lowest BCUT2D eigenvalue weighted by atomic mass is 10.00. The van der Waals surface area contributed by atoms with Gasteiger partial charge < -0.3 is 4.74 Å². The Labute approximate surface area is 251 Å². The van der Waals surface area contributed by atoms with E-state index in [0.29, 0.717) is 40.7 Å². The number of anilines is 2. The Balaban J connectivity index is 1.61. The summed E-state index contributed by atoms with van der Waals surface area (Å²) in [6, 6.07) is 29.6. The SMILES string of the molecule is CCOc1cc(C=C2C(=O)N(c3ccccc3)C(=S)N(c3ccccc3)C2=O)cc(Cl)c1Cc1ccccc1Br. The minimum atomic E-state index is -0.514. The number of carbonyl (C=O) groups excluding carboxylic acids is 2. The summed E-state index contributed by atoms with van der Waals surface area (Å²) < 4.78 is 6.94. The smallest absolute Gasteiger partial charge is 0.270 e. The predicted octanol–water partition coefficient (Wildman–Crippen LogP) is 7.84. The molecule has 0 unspecified atom stereocenters. The van der Waals surface area contributed by atoms with Gasteiger partial charge >= 0.3 is 0 Å². The second-order valence-electron chi connectivity index (χ2n) is 8.97. The number of carbonyl (C=O) groups is 2. The second-order valence-corrected chi connectivity index (χ2v) is 10.6. The number of hydrogen-bond donors (Lipinski definition) is 0. The van der Waals surface area contributed by atoms with Gasteiger partial charge in [-0.2, -0.15) is 0 Å². The van der Waals surface area contributed by atoms with Gasteiger partial charge in [-0.25, -0.2) is 0 Å². The van der Waals surface area contributed by atoms with E-state index in [9.17, 15) is 9.59 Å². The molecule has 0 saturated carbocycles. The molecule has 2 amide bonds. The molecule has 0 bridgehead atoms. The Morgan fingerprint density at radius 3 is 1.95 bits per heavy atom. The quantitative estimate of drug-likeness (QED) is 0.118. The molecule has 5 nitrogen and oxygen atoms in total. The minimum Gasteiger partial charge on any atom is -0.494 e. The molecule has 1 aliphatic heterocycles. The molecule has 0 radical (unpaired) electrons. The fraction of sp³-hybridized carbons (Fsp3) is 0.0938. The molecule has 200 valence electrons. The molecule has 4 aromatic rings. The van der Waals surface area contributed by atoms with Gasteiger partial charge in [-0.15, -0.1) is 0 Å². The summed E-state index contributed by atoms with van der Waals surface area (Å²) in [5.41, 5.74) is 3.52. The summed E-state index contributed by atoms with van der Waals surface area (Å²) in [4.78, 5) is 30.4. The summed E-state index contributed by atoms with van der Waals surface area (Å²) >= 11 is 16.1. The molecule has 0 aliphatic carbocycles. The highest BCUT2D eigenvalue weighted by molar-refractivity contribution is 9.10. The van der Waals surface area contributed by atoms with E-state index in [1.165, 1.54) is 9.80 Å². The zero-order chi connectivity index (χ0) is 28.2. The summed E-state index contributed by atoms with van der Waals surface area (Å²) in [6.07, 6.45) is 2.09. The zero-order valence-electron chi connectivity index (χ0n) is 21.5. The lowest BCUT2D eigenvalue weighted by Crippen LogP contribution is -2.56. The van der Waals surface area contributed by atoms with Gasteiger partial charge in [0, 0.05) is 21.5 Å². The molecular weight excluding hydrogens is 608 g/mol. The Morgan fingerprint density at radius 2 is 1.40 bits per heavy atom. The first kappa shape index (κ1) is 27.8. The van der Waals surface area contributed by atoms with E-state index in [1.54, 1.807) is 36.4 Å². The van der Waals surface area contributed by atoms with Crippen molar-refractivity contribution >= 4 is 74.1 Å². The fourth-order valence-electron chi connectivity index (χ4n) is 4.51. The first-order valence-electron chi connectivity index (χ1n) is 12.6. The van der Waals surface area contributed by atoms with Crippen molar-refractivity contribution in [1.29, 1.82) is 0 Å². The maximum absolute atomic E-state index is 13.8. The normalized spacial score (nSPS) is 13.6. The fourth-order valence-corrected chi connectivity index (χ4v) is 5.60. The average molecular weight is 632 g/mol. The lowest BCUT2D eigenvalue weighted by molar-refractivity contribution is -0.120. The standard InChI is InChI=1S/C32H24BrClN2O3S/c1-2-39-29-19-21(18-28(34)25(29)20-22-11-9-10-16-27(22)33)17-26-30(37)35(23-12-5-3-6-13-23)32(40)36(31(26)38)24-14-7-4-8-15-24/h3-19H,2,20H2,1H3. The number of rotatable bonds is 7. The number of halogens is 2. The van der Waals surface area contributed by atoms with Gasteiger partial charge in [0.1, 0.15) is 11.3 Å². The minimum absolute atomic E-state index is 0.0432. The summed E-state index contributed by atoms with van der Waals surface area (Å²) in [5, 5.41) is 0.556. The molecule has 0 atom stereocenters. The van der Waals surface area contributed by atoms with Crippen LogP contribution in [0.1, 0.15) is 23.6 Å². The first-order valence-corrected chi connectivity index (χ1v) is 14.2. The largest absolute Gasteiger partial charge is 0.494 e. The molecule has 0 N–H and O–H groups in total. The number of benzene rings is 4. The highest BCUT2D eigenvalue weighted by Crippen LogP contribution is 2.35. The van der Waals surface area contributed by atoms with Crippen molar-refractivity contribution in [2.45, 2.75) is 13.3 Å². The van der Waals surface area contributed by atoms with Crippen molar-refractivity contribution in [2.75, 3.05) is 16.4 Å². The molecule has 1 heterocycles. The van der Waals surface area contributed by atoms with Crippen LogP contribution in [0.3, 0.4) is 0 Å². The van der Waals surface area contributed by atoms with Crippen molar-refractivity contribution < 1.29 is 14.3 Å². The Kier molecular flexibility index (Phi) is 8.45. The van der Waals surface area contributed by atoms with Gasteiger partial charge in [-0.05, 0) is 78.8 Å². The molecule has 1 aliphatic rings. The van der Waals surface area contributed by atoms with Crippen molar-refractivity contribution in [3.8, 4) is 5.75 Å². The molecule has 5 rings (SSSR count). The van der Waals surface area contributed by atoms with Crippen LogP contribution >= 0.6 is 39.7 Å². The summed E-state index contributed by atoms with van der Waals surface area (Å²) in [7, 11) is 0. The van der Waals surface area contributed by atoms with Gasteiger partial charge in [0.05, 0.1) is 18.0 Å². The monoisotopic (exact) mass is 630 g/mol. The molecule has 8 heteroatoms. The van der Waals surface area contributed by atoms with E-state index in [2.05, 4.69) is 15.9 Å². The molecule has 1 fully saturated rings. The van der Waals surface area contributed by atoms with E-state index in [4.69, 9.17) is 28.6 Å². The van der Waals surface area contributed by atoms with E-state index in [1.807, 2.05) is 73.7 Å².